The number of allylic oxidation sites excluding steroid dienone is 1. The fourth-order valence-electron chi connectivity index (χ4n) is 3.07. The Balaban J connectivity index is 0.00000264. The zero-order chi connectivity index (χ0) is 16.7. The summed E-state index contributed by atoms with van der Waals surface area (Å²) < 4.78 is 5.64. The van der Waals surface area contributed by atoms with E-state index in [1.54, 1.807) is 0 Å². The predicted molar refractivity (Wildman–Crippen MR) is 93.6 cm³/mol. The van der Waals surface area contributed by atoms with Crippen LogP contribution in [0.1, 0.15) is 56.3 Å². The Morgan fingerprint density at radius 2 is 1.33 bits per heavy atom. The molecule has 1 aliphatic carbocycles. The Morgan fingerprint density at radius 3 is 1.79 bits per heavy atom. The van der Waals surface area contributed by atoms with Crippen LogP contribution in [0.3, 0.4) is 0 Å². The summed E-state index contributed by atoms with van der Waals surface area (Å²) >= 11 is -1.47. The van der Waals surface area contributed by atoms with E-state index < -0.39 is 21.8 Å². The van der Waals surface area contributed by atoms with Crippen LogP contribution >= 0.6 is 0 Å². The quantitative estimate of drug-likeness (QED) is 0.613. The maximum absolute atomic E-state index is 3.84. The number of nitrogens with one attached hydrogen (secondary N) is 2. The second-order valence-corrected chi connectivity index (χ2v) is 15.4. The Bertz CT molecular complexity index is 584. The minimum Gasteiger partial charge on any atom is -1.00 e. The summed E-state index contributed by atoms with van der Waals surface area (Å²) in [5.41, 5.74) is 5.83. The molecule has 0 bridgehead atoms. The number of rotatable bonds is 3. The fraction of sp³-hybridized carbons (Fsp3) is 0.579. The van der Waals surface area contributed by atoms with Crippen molar-refractivity contribution in [3.05, 3.63) is 41.1 Å². The van der Waals surface area contributed by atoms with Crippen molar-refractivity contribution in [2.75, 3.05) is 0 Å². The van der Waals surface area contributed by atoms with Crippen LogP contribution in [0.15, 0.2) is 30.0 Å². The van der Waals surface area contributed by atoms with Crippen molar-refractivity contribution in [1.82, 2.24) is 10.6 Å². The van der Waals surface area contributed by atoms with Crippen LogP contribution in [0, 0.1) is 0 Å². The average Bonchev–Trinajstić information content (AvgIpc) is 2.60. The topological polar surface area (TPSA) is 24.1 Å². The zero-order valence-electron chi connectivity index (χ0n) is 16.1. The molecule has 0 spiro atoms. The van der Waals surface area contributed by atoms with Gasteiger partial charge in [-0.05, 0) is 0 Å². The van der Waals surface area contributed by atoms with Gasteiger partial charge in [-0.15, -0.1) is 0 Å². The number of hydrogen-bond donors (Lipinski definition) is 2. The first-order chi connectivity index (χ1) is 9.99. The molecule has 0 fully saturated rings. The van der Waals surface area contributed by atoms with E-state index in [4.69, 9.17) is 0 Å². The largest absolute Gasteiger partial charge is 1.00 e. The van der Waals surface area contributed by atoms with E-state index in [0.717, 1.165) is 0 Å². The normalized spacial score (nSPS) is 16.8. The third-order valence-corrected chi connectivity index (χ3v) is 8.00. The molecule has 1 aliphatic rings. The van der Waals surface area contributed by atoms with E-state index in [0.29, 0.717) is 3.63 Å². The molecule has 1 atom stereocenters. The SMILES string of the molecule is [CH3][Zr+2]([CH3])[CH]1C(NC(C)(C)C)=C(NC(C)(C)C)c2ccccc21.[Cl-].[Cl-]. The molecule has 1 aromatic rings. The summed E-state index contributed by atoms with van der Waals surface area (Å²) in [4.78, 5) is 0. The summed E-state index contributed by atoms with van der Waals surface area (Å²) in [6, 6.07) is 8.95. The van der Waals surface area contributed by atoms with E-state index >= 15 is 0 Å². The third-order valence-electron chi connectivity index (χ3n) is 3.69. The van der Waals surface area contributed by atoms with Crippen molar-refractivity contribution < 1.29 is 46.6 Å². The van der Waals surface area contributed by atoms with Crippen LogP contribution in [-0.2, 0) is 21.8 Å². The van der Waals surface area contributed by atoms with Gasteiger partial charge in [0.25, 0.3) is 0 Å². The van der Waals surface area contributed by atoms with Gasteiger partial charge >= 0.3 is 145 Å². The second-order valence-electron chi connectivity index (χ2n) is 8.64. The first-order valence-electron chi connectivity index (χ1n) is 8.19. The number of hydrogen-bond acceptors (Lipinski definition) is 2. The maximum Gasteiger partial charge on any atom is -1.00 e. The minimum absolute atomic E-state index is 0. The van der Waals surface area contributed by atoms with Crippen LogP contribution in [-0.4, -0.2) is 11.1 Å². The second kappa shape index (κ2) is 8.61. The number of fused-ring (bicyclic) bond motifs is 1. The molecule has 2 nitrogen and oxygen atoms in total. The van der Waals surface area contributed by atoms with Gasteiger partial charge in [-0.3, -0.25) is 0 Å². The van der Waals surface area contributed by atoms with E-state index in [2.05, 4.69) is 85.7 Å². The minimum atomic E-state index is -1.47. The molecule has 0 saturated carbocycles. The molecule has 0 aliphatic heterocycles. The number of halogens is 2. The molecule has 2 N–H and O–H groups in total. The van der Waals surface area contributed by atoms with Crippen molar-refractivity contribution >= 4 is 5.70 Å². The Hall–Kier alpha value is 0.0231. The van der Waals surface area contributed by atoms with Gasteiger partial charge in [-0.1, -0.05) is 0 Å². The fourth-order valence-corrected chi connectivity index (χ4v) is 7.17. The van der Waals surface area contributed by atoms with Crippen LogP contribution in [0.5, 0.6) is 0 Å². The summed E-state index contributed by atoms with van der Waals surface area (Å²) in [5, 5.41) is 7.62. The molecule has 2 rings (SSSR count). The summed E-state index contributed by atoms with van der Waals surface area (Å²) in [6.45, 7) is 13.5. The van der Waals surface area contributed by atoms with Gasteiger partial charge in [0.2, 0.25) is 0 Å². The molecule has 0 amide bonds. The van der Waals surface area contributed by atoms with Gasteiger partial charge in [-0.2, -0.15) is 0 Å². The van der Waals surface area contributed by atoms with Gasteiger partial charge < -0.3 is 24.8 Å². The van der Waals surface area contributed by atoms with Gasteiger partial charge in [0, 0.05) is 0 Å². The average molecular weight is 450 g/mol. The molecule has 0 radical (unpaired) electrons. The third kappa shape index (κ3) is 5.78. The van der Waals surface area contributed by atoms with Crippen molar-refractivity contribution in [3.63, 3.8) is 0 Å². The number of benzene rings is 1. The maximum atomic E-state index is 3.84. The molecule has 1 aromatic carbocycles. The smallest absolute Gasteiger partial charge is 1.00 e. The van der Waals surface area contributed by atoms with Gasteiger partial charge in [0.1, 0.15) is 0 Å². The zero-order valence-corrected chi connectivity index (χ0v) is 20.1. The predicted octanol–water partition coefficient (Wildman–Crippen LogP) is -1.09. The summed E-state index contributed by atoms with van der Waals surface area (Å²) in [7, 11) is 0. The molecule has 0 heterocycles. The first-order valence-corrected chi connectivity index (χ1v) is 14.5. The molecule has 1 unspecified atom stereocenters. The van der Waals surface area contributed by atoms with Gasteiger partial charge in [-0.25, -0.2) is 0 Å². The van der Waals surface area contributed by atoms with Crippen molar-refractivity contribution in [2.45, 2.75) is 65.5 Å². The van der Waals surface area contributed by atoms with Crippen LogP contribution in [0.4, 0.5) is 0 Å². The van der Waals surface area contributed by atoms with Gasteiger partial charge in [0.15, 0.2) is 0 Å². The van der Waals surface area contributed by atoms with Crippen molar-refractivity contribution in [2.24, 2.45) is 0 Å². The van der Waals surface area contributed by atoms with Crippen LogP contribution in [0.2, 0.25) is 9.26 Å². The molecular weight excluding hydrogens is 418 g/mol. The van der Waals surface area contributed by atoms with Crippen LogP contribution < -0.4 is 35.4 Å². The van der Waals surface area contributed by atoms with Crippen LogP contribution in [0.25, 0.3) is 5.70 Å². The molecule has 5 heteroatoms. The Kier molecular flexibility index (Phi) is 8.61. The molecule has 24 heavy (non-hydrogen) atoms. The van der Waals surface area contributed by atoms with Crippen molar-refractivity contribution in [3.8, 4) is 0 Å². The molecular formula is C19H31Cl2N2Zr. The Labute approximate surface area is 168 Å². The van der Waals surface area contributed by atoms with Gasteiger partial charge in [0.05, 0.1) is 0 Å². The van der Waals surface area contributed by atoms with E-state index in [1.807, 2.05) is 0 Å². The summed E-state index contributed by atoms with van der Waals surface area (Å²) in [6.07, 6.45) is 0. The Morgan fingerprint density at radius 1 is 0.833 bits per heavy atom. The summed E-state index contributed by atoms with van der Waals surface area (Å²) in [5.74, 6) is 0. The molecule has 135 valence electrons. The van der Waals surface area contributed by atoms with E-state index in [-0.39, 0.29) is 35.9 Å². The van der Waals surface area contributed by atoms with E-state index in [9.17, 15) is 0 Å². The molecule has 0 aromatic heterocycles. The van der Waals surface area contributed by atoms with E-state index in [1.165, 1.54) is 22.5 Å². The first kappa shape index (κ1) is 24.0. The monoisotopic (exact) mass is 447 g/mol. The molecule has 0 saturated heterocycles. The standard InChI is InChI=1S/C17H25N2.2CH3.2ClH.Zr/c1-16(2,3)18-14-11-12-9-7-8-10-13(12)15(14)19-17(4,5)6;;;;;/h7-11,18-19H,1-6H3;2*1H3;2*1H;/q;;;;;+2/p-2. The van der Waals surface area contributed by atoms with Crippen molar-refractivity contribution in [1.29, 1.82) is 0 Å².